The predicted octanol–water partition coefficient (Wildman–Crippen LogP) is 2.38. The van der Waals surface area contributed by atoms with Gasteiger partial charge in [0.15, 0.2) is 5.15 Å². The minimum absolute atomic E-state index is 0.105. The van der Waals surface area contributed by atoms with E-state index in [0.717, 1.165) is 15.8 Å². The minimum atomic E-state index is 0.105. The van der Waals surface area contributed by atoms with Gasteiger partial charge in [0, 0.05) is 25.2 Å². The Morgan fingerprint density at radius 1 is 1.60 bits per heavy atom. The molecule has 0 fully saturated rings. The molecule has 0 atom stereocenters. The number of likely N-dealkylation sites (N-methyl/N-ethyl adjacent to an activating group) is 1. The molecule has 0 amide bonds. The summed E-state index contributed by atoms with van der Waals surface area (Å²) >= 11 is 7.70. The molecular formula is C10H11ClN2OS. The van der Waals surface area contributed by atoms with E-state index in [4.69, 9.17) is 16.7 Å². The molecule has 0 spiro atoms. The second-order valence-corrected chi connectivity index (χ2v) is 4.55. The first-order valence-electron chi connectivity index (χ1n) is 4.57. The molecule has 0 aromatic carbocycles. The summed E-state index contributed by atoms with van der Waals surface area (Å²) in [6.45, 7) is 0.656. The van der Waals surface area contributed by atoms with Crippen LogP contribution in [-0.2, 0) is 0 Å². The van der Waals surface area contributed by atoms with Gasteiger partial charge in [-0.25, -0.2) is 4.98 Å². The average Bonchev–Trinajstić information content (AvgIpc) is 2.65. The van der Waals surface area contributed by atoms with Crippen LogP contribution in [0.5, 0.6) is 0 Å². The van der Waals surface area contributed by atoms with Gasteiger partial charge in [-0.2, -0.15) is 0 Å². The lowest BCUT2D eigenvalue weighted by molar-refractivity contribution is 0.304. The van der Waals surface area contributed by atoms with Crippen LogP contribution in [-0.4, -0.2) is 30.3 Å². The van der Waals surface area contributed by atoms with Gasteiger partial charge in [-0.05, 0) is 11.4 Å². The van der Waals surface area contributed by atoms with Gasteiger partial charge in [-0.15, -0.1) is 11.3 Å². The van der Waals surface area contributed by atoms with Crippen LogP contribution in [0.2, 0.25) is 5.15 Å². The molecule has 0 aliphatic heterocycles. The van der Waals surface area contributed by atoms with Crippen molar-refractivity contribution in [1.82, 2.24) is 4.98 Å². The Morgan fingerprint density at radius 2 is 2.40 bits per heavy atom. The van der Waals surface area contributed by atoms with Crippen LogP contribution in [0.25, 0.3) is 10.1 Å². The third-order valence-corrected chi connectivity index (χ3v) is 3.39. The van der Waals surface area contributed by atoms with Crippen molar-refractivity contribution in [3.8, 4) is 0 Å². The Morgan fingerprint density at radius 3 is 3.13 bits per heavy atom. The Balaban J connectivity index is 2.55. The zero-order chi connectivity index (χ0) is 10.8. The number of hydrogen-bond acceptors (Lipinski definition) is 4. The van der Waals surface area contributed by atoms with Gasteiger partial charge < -0.3 is 10.0 Å². The summed E-state index contributed by atoms with van der Waals surface area (Å²) in [5.41, 5.74) is 0.893. The van der Waals surface area contributed by atoms with Crippen LogP contribution < -0.4 is 4.90 Å². The quantitative estimate of drug-likeness (QED) is 0.840. The van der Waals surface area contributed by atoms with Gasteiger partial charge in [0.25, 0.3) is 0 Å². The molecule has 1 N–H and O–H groups in total. The third-order valence-electron chi connectivity index (χ3n) is 2.26. The maximum atomic E-state index is 8.91. The smallest absolute Gasteiger partial charge is 0.152 e. The van der Waals surface area contributed by atoms with Gasteiger partial charge in [-0.3, -0.25) is 0 Å². The van der Waals surface area contributed by atoms with E-state index >= 15 is 0 Å². The maximum absolute atomic E-state index is 8.91. The molecule has 2 aromatic rings. The monoisotopic (exact) mass is 242 g/mol. The van der Waals surface area contributed by atoms with Crippen LogP contribution in [0.3, 0.4) is 0 Å². The van der Waals surface area contributed by atoms with E-state index in [0.29, 0.717) is 11.7 Å². The van der Waals surface area contributed by atoms with Crippen LogP contribution in [0.4, 0.5) is 5.69 Å². The molecule has 2 aromatic heterocycles. The molecule has 0 bridgehead atoms. The molecule has 0 radical (unpaired) electrons. The van der Waals surface area contributed by atoms with Crippen LogP contribution in [0.1, 0.15) is 0 Å². The number of aromatic nitrogens is 1. The number of aliphatic hydroxyl groups is 1. The highest BCUT2D eigenvalue weighted by molar-refractivity contribution is 7.17. The standard InChI is InChI=1S/C10H11ClN2OS/c1-13(3-4-14)9-7-2-5-15-8(7)6-12-10(9)11/h2,5-6,14H,3-4H2,1H3. The number of pyridine rings is 1. The first-order valence-corrected chi connectivity index (χ1v) is 5.83. The summed E-state index contributed by atoms with van der Waals surface area (Å²) in [5, 5.41) is 12.5. The molecule has 5 heteroatoms. The minimum Gasteiger partial charge on any atom is -0.395 e. The van der Waals surface area contributed by atoms with E-state index in [1.54, 1.807) is 17.5 Å². The van der Waals surface area contributed by atoms with E-state index in [9.17, 15) is 0 Å². The van der Waals surface area contributed by atoms with Crippen molar-refractivity contribution in [2.75, 3.05) is 25.1 Å². The summed E-state index contributed by atoms with van der Waals surface area (Å²) in [5.74, 6) is 0. The summed E-state index contributed by atoms with van der Waals surface area (Å²) in [6, 6.07) is 2.02. The zero-order valence-electron chi connectivity index (χ0n) is 8.27. The van der Waals surface area contributed by atoms with Crippen molar-refractivity contribution in [2.24, 2.45) is 0 Å². The van der Waals surface area contributed by atoms with E-state index < -0.39 is 0 Å². The number of fused-ring (bicyclic) bond motifs is 1. The van der Waals surface area contributed by atoms with E-state index in [1.165, 1.54) is 0 Å². The predicted molar refractivity (Wildman–Crippen MR) is 65.0 cm³/mol. The third kappa shape index (κ3) is 1.93. The lowest BCUT2D eigenvalue weighted by Gasteiger charge is -2.19. The molecule has 0 aliphatic carbocycles. The number of nitrogens with zero attached hydrogens (tertiary/aromatic N) is 2. The van der Waals surface area contributed by atoms with Crippen molar-refractivity contribution in [2.45, 2.75) is 0 Å². The number of halogens is 1. The van der Waals surface area contributed by atoms with Crippen LogP contribution in [0.15, 0.2) is 17.6 Å². The number of hydrogen-bond donors (Lipinski definition) is 1. The Bertz CT molecular complexity index is 471. The first-order chi connectivity index (χ1) is 7.24. The molecule has 0 saturated carbocycles. The molecule has 0 unspecified atom stereocenters. The normalized spacial score (nSPS) is 10.9. The molecule has 80 valence electrons. The van der Waals surface area contributed by atoms with Crippen molar-refractivity contribution in [3.05, 3.63) is 22.8 Å². The number of aliphatic hydroxyl groups excluding tert-OH is 1. The van der Waals surface area contributed by atoms with Gasteiger partial charge in [0.2, 0.25) is 0 Å². The Labute approximate surface area is 96.9 Å². The van der Waals surface area contributed by atoms with Crippen molar-refractivity contribution in [1.29, 1.82) is 0 Å². The second-order valence-electron chi connectivity index (χ2n) is 3.24. The second kappa shape index (κ2) is 4.35. The van der Waals surface area contributed by atoms with Crippen LogP contribution in [0, 0.1) is 0 Å². The summed E-state index contributed by atoms with van der Waals surface area (Å²) < 4.78 is 1.11. The highest BCUT2D eigenvalue weighted by atomic mass is 35.5. The SMILES string of the molecule is CN(CCO)c1c(Cl)ncc2sccc12. The van der Waals surface area contributed by atoms with E-state index in [1.807, 2.05) is 23.4 Å². The maximum Gasteiger partial charge on any atom is 0.152 e. The fraction of sp³-hybridized carbons (Fsp3) is 0.300. The van der Waals surface area contributed by atoms with Crippen molar-refractivity contribution >= 4 is 38.7 Å². The average molecular weight is 243 g/mol. The van der Waals surface area contributed by atoms with Crippen molar-refractivity contribution in [3.63, 3.8) is 0 Å². The molecule has 0 saturated heterocycles. The molecule has 15 heavy (non-hydrogen) atoms. The lowest BCUT2D eigenvalue weighted by atomic mass is 10.2. The summed E-state index contributed by atoms with van der Waals surface area (Å²) in [4.78, 5) is 6.06. The fourth-order valence-corrected chi connectivity index (χ4v) is 2.58. The van der Waals surface area contributed by atoms with Crippen molar-refractivity contribution < 1.29 is 5.11 Å². The molecule has 0 aliphatic rings. The summed E-state index contributed by atoms with van der Waals surface area (Å²) in [6.07, 6.45) is 1.78. The zero-order valence-corrected chi connectivity index (χ0v) is 9.85. The molecule has 2 heterocycles. The van der Waals surface area contributed by atoms with Gasteiger partial charge in [0.05, 0.1) is 17.0 Å². The number of thiophene rings is 1. The first kappa shape index (κ1) is 10.7. The Kier molecular flexibility index (Phi) is 3.09. The fourth-order valence-electron chi connectivity index (χ4n) is 1.53. The summed E-state index contributed by atoms with van der Waals surface area (Å²) in [7, 11) is 1.90. The molecular weight excluding hydrogens is 232 g/mol. The molecule has 2 rings (SSSR count). The van der Waals surface area contributed by atoms with Crippen LogP contribution >= 0.6 is 22.9 Å². The topological polar surface area (TPSA) is 36.4 Å². The number of rotatable bonds is 3. The molecule has 3 nitrogen and oxygen atoms in total. The van der Waals surface area contributed by atoms with E-state index in [2.05, 4.69) is 4.98 Å². The lowest BCUT2D eigenvalue weighted by Crippen LogP contribution is -2.21. The Hall–Kier alpha value is -0.840. The largest absolute Gasteiger partial charge is 0.395 e. The highest BCUT2D eigenvalue weighted by Crippen LogP contribution is 2.34. The van der Waals surface area contributed by atoms with Gasteiger partial charge in [0.1, 0.15) is 0 Å². The van der Waals surface area contributed by atoms with E-state index in [-0.39, 0.29) is 6.61 Å². The van der Waals surface area contributed by atoms with Gasteiger partial charge >= 0.3 is 0 Å². The van der Waals surface area contributed by atoms with Gasteiger partial charge in [-0.1, -0.05) is 11.6 Å². The highest BCUT2D eigenvalue weighted by Gasteiger charge is 2.12. The number of anilines is 1.